The van der Waals surface area contributed by atoms with Crippen LogP contribution in [0.4, 0.5) is 5.69 Å². The number of methoxy groups -OCH3 is 3. The fraction of sp³-hybridized carbons (Fsp3) is 0.409. The molecule has 1 heterocycles. The molecule has 1 aliphatic rings. The van der Waals surface area contributed by atoms with Gasteiger partial charge in [0.1, 0.15) is 0 Å². The second-order valence-corrected chi connectivity index (χ2v) is 6.57. The van der Waals surface area contributed by atoms with Gasteiger partial charge in [-0.15, -0.1) is 0 Å². The number of benzene rings is 2. The molecule has 0 saturated carbocycles. The molecular formula is C22H29N3O5. The molecule has 8 heteroatoms. The van der Waals surface area contributed by atoms with Gasteiger partial charge in [0.25, 0.3) is 0 Å². The van der Waals surface area contributed by atoms with E-state index in [-0.39, 0.29) is 0 Å². The number of anilines is 1. The first-order chi connectivity index (χ1) is 14.7. The zero-order valence-corrected chi connectivity index (χ0v) is 17.9. The van der Waals surface area contributed by atoms with Gasteiger partial charge in [0, 0.05) is 24.7 Å². The molecule has 3 rings (SSSR count). The third-order valence-corrected chi connectivity index (χ3v) is 4.50. The van der Waals surface area contributed by atoms with Crippen molar-refractivity contribution in [2.45, 2.75) is 19.9 Å². The van der Waals surface area contributed by atoms with Crippen LogP contribution in [-0.2, 0) is 6.54 Å². The molecule has 0 unspecified atom stereocenters. The second-order valence-electron chi connectivity index (χ2n) is 6.57. The number of nitrogens with one attached hydrogen (secondary N) is 2. The average molecular weight is 415 g/mol. The molecule has 30 heavy (non-hydrogen) atoms. The van der Waals surface area contributed by atoms with E-state index in [2.05, 4.69) is 15.6 Å². The summed E-state index contributed by atoms with van der Waals surface area (Å²) < 4.78 is 27.7. The molecule has 0 aliphatic carbocycles. The van der Waals surface area contributed by atoms with Crippen molar-refractivity contribution in [2.75, 3.05) is 46.4 Å². The summed E-state index contributed by atoms with van der Waals surface area (Å²) >= 11 is 0. The molecule has 0 atom stereocenters. The van der Waals surface area contributed by atoms with Gasteiger partial charge in [0.15, 0.2) is 29.0 Å². The van der Waals surface area contributed by atoms with Crippen LogP contribution in [0, 0.1) is 0 Å². The minimum atomic E-state index is 0.427. The molecule has 162 valence electrons. The molecule has 0 radical (unpaired) electrons. The third kappa shape index (κ3) is 5.20. The van der Waals surface area contributed by atoms with Crippen LogP contribution in [0.2, 0.25) is 0 Å². The largest absolute Gasteiger partial charge is 0.493 e. The number of ether oxygens (including phenoxy) is 5. The van der Waals surface area contributed by atoms with E-state index in [9.17, 15) is 0 Å². The van der Waals surface area contributed by atoms with Gasteiger partial charge < -0.3 is 34.3 Å². The molecule has 8 nitrogen and oxygen atoms in total. The number of rotatable bonds is 7. The summed E-state index contributed by atoms with van der Waals surface area (Å²) in [5.41, 5.74) is 1.80. The summed E-state index contributed by atoms with van der Waals surface area (Å²) in [5, 5.41) is 6.57. The minimum Gasteiger partial charge on any atom is -0.493 e. The Bertz CT molecular complexity index is 860. The Morgan fingerprint density at radius 1 is 0.967 bits per heavy atom. The van der Waals surface area contributed by atoms with E-state index in [0.717, 1.165) is 35.7 Å². The molecule has 0 saturated heterocycles. The van der Waals surface area contributed by atoms with E-state index in [4.69, 9.17) is 23.7 Å². The van der Waals surface area contributed by atoms with Crippen molar-refractivity contribution in [1.29, 1.82) is 0 Å². The van der Waals surface area contributed by atoms with Gasteiger partial charge >= 0.3 is 0 Å². The van der Waals surface area contributed by atoms with Crippen LogP contribution in [0.15, 0.2) is 35.3 Å². The van der Waals surface area contributed by atoms with Crippen molar-refractivity contribution >= 4 is 11.6 Å². The summed E-state index contributed by atoms with van der Waals surface area (Å²) in [6, 6.07) is 9.56. The molecule has 0 fully saturated rings. The highest BCUT2D eigenvalue weighted by molar-refractivity contribution is 5.93. The number of hydrogen-bond donors (Lipinski definition) is 2. The predicted molar refractivity (Wildman–Crippen MR) is 117 cm³/mol. The van der Waals surface area contributed by atoms with Gasteiger partial charge in [-0.25, -0.2) is 4.99 Å². The Labute approximate surface area is 177 Å². The first-order valence-corrected chi connectivity index (χ1v) is 9.92. The molecule has 0 amide bonds. The highest BCUT2D eigenvalue weighted by Gasteiger charge is 2.14. The van der Waals surface area contributed by atoms with Crippen molar-refractivity contribution in [1.82, 2.24) is 5.32 Å². The first-order valence-electron chi connectivity index (χ1n) is 9.92. The lowest BCUT2D eigenvalue weighted by Crippen LogP contribution is -2.30. The first kappa shape index (κ1) is 21.4. The van der Waals surface area contributed by atoms with Crippen molar-refractivity contribution in [3.05, 3.63) is 35.9 Å². The minimum absolute atomic E-state index is 0.427. The standard InChI is InChI=1S/C22H29N3O5/c1-5-23-22(25-16-7-8-17-18(13-16)30-10-6-9-29-17)24-14-15-11-19(26-2)21(28-4)20(12-15)27-3/h7-8,11-13H,5-6,9-10,14H2,1-4H3,(H2,23,24,25). The number of nitrogens with zero attached hydrogens (tertiary/aromatic N) is 1. The lowest BCUT2D eigenvalue weighted by atomic mass is 10.2. The Balaban J connectivity index is 1.79. The van der Waals surface area contributed by atoms with Crippen molar-refractivity contribution in [3.63, 3.8) is 0 Å². The summed E-state index contributed by atoms with van der Waals surface area (Å²) in [5.74, 6) is 3.91. The van der Waals surface area contributed by atoms with E-state index in [1.807, 2.05) is 37.3 Å². The Hall–Kier alpha value is -3.29. The number of hydrogen-bond acceptors (Lipinski definition) is 6. The summed E-state index contributed by atoms with van der Waals surface area (Å²) in [6.45, 7) is 4.48. The van der Waals surface area contributed by atoms with Crippen LogP contribution in [0.3, 0.4) is 0 Å². The van der Waals surface area contributed by atoms with E-state index in [1.54, 1.807) is 21.3 Å². The second kappa shape index (κ2) is 10.5. The van der Waals surface area contributed by atoms with Gasteiger partial charge in [0.2, 0.25) is 5.75 Å². The van der Waals surface area contributed by atoms with Crippen molar-refractivity contribution in [3.8, 4) is 28.7 Å². The number of fused-ring (bicyclic) bond motifs is 1. The average Bonchev–Trinajstić information content (AvgIpc) is 3.01. The SMILES string of the molecule is CCNC(=NCc1cc(OC)c(OC)c(OC)c1)Nc1ccc2c(c1)OCCCO2. The maximum absolute atomic E-state index is 5.77. The fourth-order valence-corrected chi connectivity index (χ4v) is 3.08. The molecule has 1 aliphatic heterocycles. The van der Waals surface area contributed by atoms with Crippen LogP contribution in [0.1, 0.15) is 18.9 Å². The van der Waals surface area contributed by atoms with Crippen LogP contribution in [-0.4, -0.2) is 47.0 Å². The summed E-state index contributed by atoms with van der Waals surface area (Å²) in [7, 11) is 4.78. The normalized spacial score (nSPS) is 13.3. The van der Waals surface area contributed by atoms with Gasteiger partial charge in [-0.05, 0) is 36.8 Å². The smallest absolute Gasteiger partial charge is 0.203 e. The summed E-state index contributed by atoms with van der Waals surface area (Å²) in [4.78, 5) is 4.69. The lowest BCUT2D eigenvalue weighted by Gasteiger charge is -2.15. The topological polar surface area (TPSA) is 82.6 Å². The maximum atomic E-state index is 5.77. The predicted octanol–water partition coefficient (Wildman–Crippen LogP) is 3.45. The Kier molecular flexibility index (Phi) is 7.48. The van der Waals surface area contributed by atoms with E-state index >= 15 is 0 Å². The highest BCUT2D eigenvalue weighted by atomic mass is 16.5. The van der Waals surface area contributed by atoms with Crippen LogP contribution < -0.4 is 34.3 Å². The van der Waals surface area contributed by atoms with E-state index in [0.29, 0.717) is 43.0 Å². The van der Waals surface area contributed by atoms with Gasteiger partial charge in [-0.2, -0.15) is 0 Å². The third-order valence-electron chi connectivity index (χ3n) is 4.50. The molecule has 2 aromatic rings. The molecule has 2 aromatic carbocycles. The lowest BCUT2D eigenvalue weighted by molar-refractivity contribution is 0.297. The maximum Gasteiger partial charge on any atom is 0.203 e. The van der Waals surface area contributed by atoms with Crippen LogP contribution >= 0.6 is 0 Å². The van der Waals surface area contributed by atoms with E-state index < -0.39 is 0 Å². The Morgan fingerprint density at radius 3 is 2.30 bits per heavy atom. The van der Waals surface area contributed by atoms with Crippen LogP contribution in [0.5, 0.6) is 28.7 Å². The van der Waals surface area contributed by atoms with Gasteiger partial charge in [-0.3, -0.25) is 0 Å². The number of aliphatic imine (C=N–C) groups is 1. The fourth-order valence-electron chi connectivity index (χ4n) is 3.08. The molecule has 0 spiro atoms. The van der Waals surface area contributed by atoms with Crippen molar-refractivity contribution in [2.24, 2.45) is 4.99 Å². The molecular weight excluding hydrogens is 386 g/mol. The van der Waals surface area contributed by atoms with Gasteiger partial charge in [-0.1, -0.05) is 0 Å². The number of guanidine groups is 1. The quantitative estimate of drug-likeness (QED) is 0.529. The molecule has 0 aromatic heterocycles. The summed E-state index contributed by atoms with van der Waals surface area (Å²) in [6.07, 6.45) is 0.871. The Morgan fingerprint density at radius 2 is 1.67 bits per heavy atom. The zero-order chi connectivity index (χ0) is 21.3. The van der Waals surface area contributed by atoms with Crippen LogP contribution in [0.25, 0.3) is 0 Å². The molecule has 0 bridgehead atoms. The van der Waals surface area contributed by atoms with Gasteiger partial charge in [0.05, 0.1) is 41.1 Å². The highest BCUT2D eigenvalue weighted by Crippen LogP contribution is 2.38. The van der Waals surface area contributed by atoms with E-state index in [1.165, 1.54) is 0 Å². The zero-order valence-electron chi connectivity index (χ0n) is 17.9. The van der Waals surface area contributed by atoms with Crippen molar-refractivity contribution < 1.29 is 23.7 Å². The molecule has 2 N–H and O–H groups in total. The monoisotopic (exact) mass is 415 g/mol.